The number of rotatable bonds is 2. The second-order valence-corrected chi connectivity index (χ2v) is 4.27. The lowest BCUT2D eigenvalue weighted by atomic mass is 10.2. The topological polar surface area (TPSA) is 50.2 Å². The molecule has 0 bridgehead atoms. The molecule has 0 aliphatic rings. The lowest BCUT2D eigenvalue weighted by molar-refractivity contribution is 1.03. The van der Waals surface area contributed by atoms with E-state index < -0.39 is 0 Å². The Morgan fingerprint density at radius 3 is 2.73 bits per heavy atom. The summed E-state index contributed by atoms with van der Waals surface area (Å²) in [4.78, 5) is 8.34. The Bertz CT molecular complexity index is 389. The molecule has 0 aliphatic heterocycles. The van der Waals surface area contributed by atoms with Gasteiger partial charge in [-0.05, 0) is 20.1 Å². The van der Waals surface area contributed by atoms with Crippen LogP contribution in [0.3, 0.4) is 0 Å². The van der Waals surface area contributed by atoms with Crippen molar-refractivity contribution in [3.8, 4) is 0 Å². The van der Waals surface area contributed by atoms with Crippen molar-refractivity contribution in [1.82, 2.24) is 15.4 Å². The minimum absolute atomic E-state index is 0.635. The standard InChI is InChI=1S/C9H12N4S2/c1-6-8(11-5-4-10-6)7(2)12-13-9(14)15-3/h4-5H,1-3H3,(H,13,14)/b12-7-. The summed E-state index contributed by atoms with van der Waals surface area (Å²) in [6.45, 7) is 3.77. The lowest BCUT2D eigenvalue weighted by Crippen LogP contribution is -2.14. The van der Waals surface area contributed by atoms with Gasteiger partial charge in [-0.2, -0.15) is 5.10 Å². The molecule has 0 fully saturated rings. The number of aromatic nitrogens is 2. The van der Waals surface area contributed by atoms with Gasteiger partial charge in [0.2, 0.25) is 0 Å². The van der Waals surface area contributed by atoms with E-state index in [9.17, 15) is 0 Å². The first-order valence-electron chi connectivity index (χ1n) is 4.31. The van der Waals surface area contributed by atoms with Crippen LogP contribution in [0, 0.1) is 6.92 Å². The quantitative estimate of drug-likeness (QED) is 0.485. The second kappa shape index (κ2) is 5.77. The van der Waals surface area contributed by atoms with Gasteiger partial charge in [-0.15, -0.1) is 0 Å². The van der Waals surface area contributed by atoms with Gasteiger partial charge in [0.1, 0.15) is 5.69 Å². The van der Waals surface area contributed by atoms with Crippen molar-refractivity contribution in [2.24, 2.45) is 5.10 Å². The fourth-order valence-corrected chi connectivity index (χ4v) is 1.17. The van der Waals surface area contributed by atoms with Gasteiger partial charge in [-0.25, -0.2) is 0 Å². The van der Waals surface area contributed by atoms with Crippen LogP contribution >= 0.6 is 24.0 Å². The van der Waals surface area contributed by atoms with E-state index in [4.69, 9.17) is 12.2 Å². The van der Waals surface area contributed by atoms with Crippen LogP contribution in [0.2, 0.25) is 0 Å². The molecule has 1 rings (SSSR count). The molecule has 0 aliphatic carbocycles. The molecule has 0 aromatic carbocycles. The molecule has 0 saturated heterocycles. The normalized spacial score (nSPS) is 11.3. The van der Waals surface area contributed by atoms with E-state index in [1.165, 1.54) is 11.8 Å². The van der Waals surface area contributed by atoms with Gasteiger partial charge in [-0.3, -0.25) is 15.4 Å². The van der Waals surface area contributed by atoms with E-state index in [0.29, 0.717) is 4.32 Å². The maximum absolute atomic E-state index is 4.97. The third-order valence-corrected chi connectivity index (χ3v) is 2.78. The molecule has 1 aromatic rings. The van der Waals surface area contributed by atoms with Crippen LogP contribution < -0.4 is 5.43 Å². The van der Waals surface area contributed by atoms with Gasteiger partial charge in [0.15, 0.2) is 4.32 Å². The van der Waals surface area contributed by atoms with Crippen LogP contribution in [0.4, 0.5) is 0 Å². The summed E-state index contributed by atoms with van der Waals surface area (Å²) in [5.74, 6) is 0. The van der Waals surface area contributed by atoms with Gasteiger partial charge in [-0.1, -0.05) is 24.0 Å². The van der Waals surface area contributed by atoms with E-state index in [0.717, 1.165) is 17.1 Å². The summed E-state index contributed by atoms with van der Waals surface area (Å²) < 4.78 is 0.635. The van der Waals surface area contributed by atoms with E-state index in [1.54, 1.807) is 12.4 Å². The van der Waals surface area contributed by atoms with Gasteiger partial charge in [0, 0.05) is 12.4 Å². The summed E-state index contributed by atoms with van der Waals surface area (Å²) in [7, 11) is 0. The third-order valence-electron chi connectivity index (χ3n) is 1.72. The first kappa shape index (κ1) is 12.1. The molecule has 1 N–H and O–H groups in total. The number of thioether (sulfide) groups is 1. The molecule has 4 nitrogen and oxygen atoms in total. The predicted molar refractivity (Wildman–Crippen MR) is 68.2 cm³/mol. The SMILES string of the molecule is CSC(=S)N/N=C(/C)c1nccnc1C. The lowest BCUT2D eigenvalue weighted by Gasteiger charge is -2.03. The molecule has 1 heterocycles. The summed E-state index contributed by atoms with van der Waals surface area (Å²) in [6.07, 6.45) is 5.20. The van der Waals surface area contributed by atoms with Crippen LogP contribution in [0.1, 0.15) is 18.3 Å². The van der Waals surface area contributed by atoms with Crippen molar-refractivity contribution < 1.29 is 0 Å². The first-order valence-corrected chi connectivity index (χ1v) is 5.94. The van der Waals surface area contributed by atoms with Crippen LogP contribution in [0.5, 0.6) is 0 Å². The van der Waals surface area contributed by atoms with Crippen molar-refractivity contribution in [1.29, 1.82) is 0 Å². The number of nitrogens with one attached hydrogen (secondary N) is 1. The van der Waals surface area contributed by atoms with Crippen LogP contribution in [0.15, 0.2) is 17.5 Å². The summed E-state index contributed by atoms with van der Waals surface area (Å²) in [5.41, 5.74) is 5.19. The summed E-state index contributed by atoms with van der Waals surface area (Å²) >= 11 is 6.41. The molecule has 0 radical (unpaired) electrons. The smallest absolute Gasteiger partial charge is 0.153 e. The predicted octanol–water partition coefficient (Wildman–Crippen LogP) is 1.75. The Hall–Kier alpha value is -1.01. The van der Waals surface area contributed by atoms with Gasteiger partial charge >= 0.3 is 0 Å². The minimum atomic E-state index is 0.635. The third kappa shape index (κ3) is 3.56. The largest absolute Gasteiger partial charge is 0.262 e. The summed E-state index contributed by atoms with van der Waals surface area (Å²) in [5, 5.41) is 4.13. The highest BCUT2D eigenvalue weighted by Crippen LogP contribution is 2.01. The number of hydrazone groups is 1. The number of aryl methyl sites for hydroxylation is 1. The fourth-order valence-electron chi connectivity index (χ4n) is 0.991. The van der Waals surface area contributed by atoms with Crippen molar-refractivity contribution in [3.05, 3.63) is 23.8 Å². The van der Waals surface area contributed by atoms with Crippen LogP contribution in [-0.4, -0.2) is 26.3 Å². The van der Waals surface area contributed by atoms with Gasteiger partial charge < -0.3 is 0 Å². The minimum Gasteiger partial charge on any atom is -0.262 e. The Labute approximate surface area is 98.6 Å². The molecule has 0 atom stereocenters. The Balaban J connectivity index is 2.80. The molecular weight excluding hydrogens is 228 g/mol. The maximum Gasteiger partial charge on any atom is 0.153 e. The molecule has 0 saturated carbocycles. The van der Waals surface area contributed by atoms with Crippen LogP contribution in [-0.2, 0) is 0 Å². The highest BCUT2D eigenvalue weighted by Gasteiger charge is 2.03. The molecule has 0 amide bonds. The van der Waals surface area contributed by atoms with Crippen molar-refractivity contribution >= 4 is 34.0 Å². The monoisotopic (exact) mass is 240 g/mol. The molecule has 6 heteroatoms. The van der Waals surface area contributed by atoms with Crippen molar-refractivity contribution in [3.63, 3.8) is 0 Å². The number of thiocarbonyl (C=S) groups is 1. The van der Waals surface area contributed by atoms with E-state index >= 15 is 0 Å². The van der Waals surface area contributed by atoms with Gasteiger partial charge in [0.05, 0.1) is 11.4 Å². The van der Waals surface area contributed by atoms with Gasteiger partial charge in [0.25, 0.3) is 0 Å². The highest BCUT2D eigenvalue weighted by atomic mass is 32.2. The Morgan fingerprint density at radius 1 is 1.47 bits per heavy atom. The number of nitrogens with zero attached hydrogens (tertiary/aromatic N) is 3. The fraction of sp³-hybridized carbons (Fsp3) is 0.333. The summed E-state index contributed by atoms with van der Waals surface area (Å²) in [6, 6.07) is 0. The Morgan fingerprint density at radius 2 is 2.13 bits per heavy atom. The Kier molecular flexibility index (Phi) is 4.64. The molecule has 15 heavy (non-hydrogen) atoms. The zero-order valence-corrected chi connectivity index (χ0v) is 10.4. The maximum atomic E-state index is 4.97. The average Bonchev–Trinajstić information content (AvgIpc) is 2.26. The first-order chi connectivity index (χ1) is 7.15. The average molecular weight is 240 g/mol. The molecule has 0 unspecified atom stereocenters. The van der Waals surface area contributed by atoms with Crippen molar-refractivity contribution in [2.45, 2.75) is 13.8 Å². The van der Waals surface area contributed by atoms with E-state index in [1.807, 2.05) is 20.1 Å². The molecule has 80 valence electrons. The zero-order chi connectivity index (χ0) is 11.3. The van der Waals surface area contributed by atoms with Crippen molar-refractivity contribution in [2.75, 3.05) is 6.26 Å². The molecular formula is C9H12N4S2. The molecule has 0 spiro atoms. The second-order valence-electron chi connectivity index (χ2n) is 2.79. The zero-order valence-electron chi connectivity index (χ0n) is 8.81. The number of hydrogen-bond acceptors (Lipinski definition) is 5. The highest BCUT2D eigenvalue weighted by molar-refractivity contribution is 8.22. The van der Waals surface area contributed by atoms with E-state index in [2.05, 4.69) is 20.5 Å². The van der Waals surface area contributed by atoms with E-state index in [-0.39, 0.29) is 0 Å². The number of hydrogen-bond donors (Lipinski definition) is 1. The molecule has 1 aromatic heterocycles. The van der Waals surface area contributed by atoms with Crippen LogP contribution in [0.25, 0.3) is 0 Å².